The zero-order chi connectivity index (χ0) is 23.3. The number of anilines is 1. The van der Waals surface area contributed by atoms with Gasteiger partial charge in [-0.25, -0.2) is 19.2 Å². The van der Waals surface area contributed by atoms with Crippen LogP contribution in [-0.2, 0) is 17.6 Å². The minimum atomic E-state index is -5.08. The fourth-order valence-corrected chi connectivity index (χ4v) is 3.32. The topological polar surface area (TPSA) is 108 Å². The van der Waals surface area contributed by atoms with Crippen LogP contribution >= 0.6 is 0 Å². The second kappa shape index (κ2) is 9.88. The smallest absolute Gasteiger partial charge is 0.475 e. The van der Waals surface area contributed by atoms with Crippen molar-refractivity contribution in [3.05, 3.63) is 47.4 Å². The van der Waals surface area contributed by atoms with Crippen LogP contribution in [0.25, 0.3) is 0 Å². The van der Waals surface area contributed by atoms with Crippen LogP contribution in [0.2, 0.25) is 0 Å². The van der Waals surface area contributed by atoms with Crippen molar-refractivity contribution >= 4 is 17.7 Å². The van der Waals surface area contributed by atoms with E-state index in [0.717, 1.165) is 23.3 Å². The molecule has 12 heteroatoms. The predicted molar refractivity (Wildman–Crippen MR) is 104 cm³/mol. The molecule has 32 heavy (non-hydrogen) atoms. The summed E-state index contributed by atoms with van der Waals surface area (Å²) < 4.78 is 45.6. The number of carboxylic acids is 1. The number of hydrogen-bond donors (Lipinski definition) is 2. The highest BCUT2D eigenvalue weighted by Crippen LogP contribution is 2.27. The van der Waals surface area contributed by atoms with E-state index in [1.54, 1.807) is 11.2 Å². The molecule has 1 fully saturated rings. The predicted octanol–water partition coefficient (Wildman–Crippen LogP) is 2.85. The highest BCUT2D eigenvalue weighted by molar-refractivity contribution is 5.94. The lowest BCUT2D eigenvalue weighted by molar-refractivity contribution is -0.192. The second-order valence-electron chi connectivity index (χ2n) is 7.37. The van der Waals surface area contributed by atoms with E-state index >= 15 is 0 Å². The van der Waals surface area contributed by atoms with Crippen molar-refractivity contribution in [1.29, 1.82) is 0 Å². The summed E-state index contributed by atoms with van der Waals surface area (Å²) >= 11 is 0. The molecule has 2 aromatic heterocycles. The molecule has 0 atom stereocenters. The van der Waals surface area contributed by atoms with Gasteiger partial charge in [0.05, 0.1) is 17.5 Å². The normalized spacial score (nSPS) is 16.1. The molecule has 0 bridgehead atoms. The van der Waals surface area contributed by atoms with Crippen LogP contribution < -0.4 is 5.32 Å². The Kier molecular flexibility index (Phi) is 7.21. The quantitative estimate of drug-likeness (QED) is 0.685. The number of aliphatic carboxylic acids is 1. The lowest BCUT2D eigenvalue weighted by atomic mass is 9.93. The standard InChI is InChI=1S/C18H20FN5O.C2HF3O2/c19-15-10-20-7-4-13(15)18(25)24-8-5-14-16(6-9-24)21-11-22-17(14)23-12-2-1-3-12;3-2(4,5)1(6)7/h4,7,10-12H,1-3,5-6,8-9H2,(H,21,22,23);(H,6,7). The number of carbonyl (C=O) groups excluding carboxylic acids is 1. The maximum absolute atomic E-state index is 13.9. The molecule has 2 aromatic rings. The number of nitrogens with zero attached hydrogens (tertiary/aromatic N) is 4. The Morgan fingerprint density at radius 2 is 1.84 bits per heavy atom. The van der Waals surface area contributed by atoms with E-state index in [9.17, 15) is 22.4 Å². The van der Waals surface area contributed by atoms with Gasteiger partial charge in [-0.15, -0.1) is 0 Å². The first-order valence-corrected chi connectivity index (χ1v) is 9.95. The third kappa shape index (κ3) is 5.68. The number of rotatable bonds is 3. The Morgan fingerprint density at radius 1 is 1.16 bits per heavy atom. The lowest BCUT2D eigenvalue weighted by Crippen LogP contribution is -2.34. The molecule has 0 spiro atoms. The fraction of sp³-hybridized carbons (Fsp3) is 0.450. The van der Waals surface area contributed by atoms with Crippen molar-refractivity contribution < 1.29 is 32.3 Å². The average molecular weight is 455 g/mol. The van der Waals surface area contributed by atoms with Crippen molar-refractivity contribution in [1.82, 2.24) is 19.9 Å². The van der Waals surface area contributed by atoms with Crippen LogP contribution in [0.5, 0.6) is 0 Å². The maximum Gasteiger partial charge on any atom is 0.490 e. The largest absolute Gasteiger partial charge is 0.490 e. The zero-order valence-corrected chi connectivity index (χ0v) is 16.9. The van der Waals surface area contributed by atoms with E-state index in [1.807, 2.05) is 0 Å². The van der Waals surface area contributed by atoms with Crippen molar-refractivity contribution in [2.75, 3.05) is 18.4 Å². The van der Waals surface area contributed by atoms with Gasteiger partial charge in [0.1, 0.15) is 12.1 Å². The van der Waals surface area contributed by atoms with E-state index < -0.39 is 18.0 Å². The van der Waals surface area contributed by atoms with Crippen LogP contribution in [0.4, 0.5) is 23.4 Å². The summed E-state index contributed by atoms with van der Waals surface area (Å²) in [6.45, 7) is 1.05. The first-order chi connectivity index (χ1) is 15.2. The number of carbonyl (C=O) groups is 2. The summed E-state index contributed by atoms with van der Waals surface area (Å²) in [6, 6.07) is 1.92. The molecule has 0 radical (unpaired) electrons. The van der Waals surface area contributed by atoms with Gasteiger partial charge in [0, 0.05) is 37.3 Å². The Morgan fingerprint density at radius 3 is 2.44 bits per heavy atom. The van der Waals surface area contributed by atoms with Gasteiger partial charge in [0.25, 0.3) is 5.91 Å². The van der Waals surface area contributed by atoms with Gasteiger partial charge in [0.2, 0.25) is 0 Å². The number of nitrogens with one attached hydrogen (secondary N) is 1. The van der Waals surface area contributed by atoms with Crippen molar-refractivity contribution in [2.24, 2.45) is 0 Å². The van der Waals surface area contributed by atoms with E-state index in [1.165, 1.54) is 31.5 Å². The Bertz CT molecular complexity index is 982. The first-order valence-electron chi connectivity index (χ1n) is 9.95. The first kappa shape index (κ1) is 23.4. The van der Waals surface area contributed by atoms with Gasteiger partial charge in [-0.2, -0.15) is 13.2 Å². The third-order valence-electron chi connectivity index (χ3n) is 5.26. The lowest BCUT2D eigenvalue weighted by Gasteiger charge is -2.28. The number of pyridine rings is 1. The molecule has 2 aliphatic rings. The molecule has 0 unspecified atom stereocenters. The molecule has 8 nitrogen and oxygen atoms in total. The molecule has 0 saturated heterocycles. The maximum atomic E-state index is 13.9. The average Bonchev–Trinajstić information content (AvgIpc) is 2.93. The molecule has 1 aliphatic carbocycles. The molecule has 2 N–H and O–H groups in total. The summed E-state index contributed by atoms with van der Waals surface area (Å²) in [5.41, 5.74) is 2.13. The van der Waals surface area contributed by atoms with Gasteiger partial charge in [-0.1, -0.05) is 0 Å². The third-order valence-corrected chi connectivity index (χ3v) is 5.26. The highest BCUT2D eigenvalue weighted by Gasteiger charge is 2.38. The number of aromatic nitrogens is 3. The van der Waals surface area contributed by atoms with E-state index in [4.69, 9.17) is 9.90 Å². The van der Waals surface area contributed by atoms with E-state index in [-0.39, 0.29) is 11.5 Å². The van der Waals surface area contributed by atoms with E-state index in [0.29, 0.717) is 32.0 Å². The van der Waals surface area contributed by atoms with Gasteiger partial charge in [-0.3, -0.25) is 9.78 Å². The molecular formula is C20H21F4N5O3. The number of halogens is 4. The summed E-state index contributed by atoms with van der Waals surface area (Å²) in [7, 11) is 0. The number of fused-ring (bicyclic) bond motifs is 1. The fourth-order valence-electron chi connectivity index (χ4n) is 3.32. The number of carboxylic acid groups (broad SMARTS) is 1. The van der Waals surface area contributed by atoms with Crippen LogP contribution in [0, 0.1) is 5.82 Å². The van der Waals surface area contributed by atoms with Crippen molar-refractivity contribution in [3.8, 4) is 0 Å². The van der Waals surface area contributed by atoms with Gasteiger partial charge >= 0.3 is 12.1 Å². The number of alkyl halides is 3. The Labute approximate surface area is 180 Å². The van der Waals surface area contributed by atoms with E-state index in [2.05, 4.69) is 20.3 Å². The van der Waals surface area contributed by atoms with Crippen LogP contribution in [-0.4, -0.2) is 62.1 Å². The molecule has 172 valence electrons. The minimum Gasteiger partial charge on any atom is -0.475 e. The second-order valence-corrected chi connectivity index (χ2v) is 7.37. The number of hydrogen-bond acceptors (Lipinski definition) is 6. The SMILES string of the molecule is O=C(O)C(F)(F)F.O=C(c1ccncc1F)N1CCc2ncnc(NC3CCC3)c2CC1. The van der Waals surface area contributed by atoms with Gasteiger partial charge < -0.3 is 15.3 Å². The van der Waals surface area contributed by atoms with Crippen LogP contribution in [0.15, 0.2) is 24.8 Å². The van der Waals surface area contributed by atoms with Crippen LogP contribution in [0.1, 0.15) is 40.9 Å². The zero-order valence-electron chi connectivity index (χ0n) is 16.9. The summed E-state index contributed by atoms with van der Waals surface area (Å²) in [4.78, 5) is 35.7. The molecule has 1 amide bonds. The van der Waals surface area contributed by atoms with Crippen LogP contribution in [0.3, 0.4) is 0 Å². The van der Waals surface area contributed by atoms with Crippen molar-refractivity contribution in [2.45, 2.75) is 44.3 Å². The Balaban J connectivity index is 0.000000360. The molecule has 4 rings (SSSR count). The van der Waals surface area contributed by atoms with Gasteiger partial charge in [0.15, 0.2) is 5.82 Å². The highest BCUT2D eigenvalue weighted by atomic mass is 19.4. The molecule has 3 heterocycles. The summed E-state index contributed by atoms with van der Waals surface area (Å²) in [5, 5.41) is 10.6. The minimum absolute atomic E-state index is 0.0693. The van der Waals surface area contributed by atoms with Crippen molar-refractivity contribution in [3.63, 3.8) is 0 Å². The summed E-state index contributed by atoms with van der Waals surface area (Å²) in [6.07, 6.45) is 3.93. The molecule has 1 saturated carbocycles. The monoisotopic (exact) mass is 455 g/mol. The number of amides is 1. The molecule has 0 aromatic carbocycles. The van der Waals surface area contributed by atoms with Gasteiger partial charge in [-0.05, 0) is 31.7 Å². The molecular weight excluding hydrogens is 434 g/mol. The molecule has 1 aliphatic heterocycles. The Hall–Kier alpha value is -3.31. The summed E-state index contributed by atoms with van der Waals surface area (Å²) in [5.74, 6) is -2.75.